The number of rotatable bonds is 21. The van der Waals surface area contributed by atoms with Gasteiger partial charge in [-0.1, -0.05) is 32.4 Å². The van der Waals surface area contributed by atoms with Gasteiger partial charge in [-0.05, 0) is 70.6 Å². The number of benzene rings is 1. The minimum Gasteiger partial charge on any atom is -0.497 e. The number of hydrogen-bond acceptors (Lipinski definition) is 9. The molecular formula is C35H59N5O9. The van der Waals surface area contributed by atoms with Crippen LogP contribution in [0.3, 0.4) is 0 Å². The van der Waals surface area contributed by atoms with Crippen molar-refractivity contribution in [1.29, 1.82) is 0 Å². The second-order valence-corrected chi connectivity index (χ2v) is 13.6. The van der Waals surface area contributed by atoms with Crippen LogP contribution in [0.4, 0.5) is 4.79 Å². The number of alkyl carbamates (subject to hydrolysis) is 1. The van der Waals surface area contributed by atoms with Crippen molar-refractivity contribution >= 4 is 29.7 Å². The van der Waals surface area contributed by atoms with Gasteiger partial charge in [-0.2, -0.15) is 0 Å². The molecule has 0 bridgehead atoms. The molecule has 0 unspecified atom stereocenters. The summed E-state index contributed by atoms with van der Waals surface area (Å²) in [6, 6.07) is 4.30. The number of nitrogens with one attached hydrogen (secondary N) is 4. The lowest BCUT2D eigenvalue weighted by atomic mass is 9.99. The topological polar surface area (TPSA) is 196 Å². The average molecular weight is 694 g/mol. The number of methoxy groups -OCH3 is 1. The Balaban J connectivity index is 2.87. The molecule has 0 aromatic heterocycles. The van der Waals surface area contributed by atoms with Crippen molar-refractivity contribution in [2.24, 2.45) is 5.92 Å². The largest absolute Gasteiger partial charge is 0.497 e. The Morgan fingerprint density at radius 3 is 2.10 bits per heavy atom. The van der Waals surface area contributed by atoms with Crippen molar-refractivity contribution in [2.45, 2.75) is 116 Å². The molecule has 14 heteroatoms. The standard InChI is InChI=1S/C35H59N5O9/c1-23(2)20-28(32(45)38-24(3)29(42)22-31(44)36-17-11-9-10-12-30(43)37-18-19-41)40(7)33(46)27(39-34(47)49-35(4,5)6)21-25-13-15-26(48-8)16-14-25/h13-16,23-24,27-29,41-42H,9-12,17-22H2,1-8H3,(H,36,44)(H,37,43)(H,38,45)(H,39,47)/t24-,27-,28-,29-/m0/s1. The zero-order valence-corrected chi connectivity index (χ0v) is 30.5. The van der Waals surface area contributed by atoms with E-state index in [0.717, 1.165) is 12.0 Å². The van der Waals surface area contributed by atoms with Crippen molar-refractivity contribution in [3.8, 4) is 5.75 Å². The first kappa shape index (κ1) is 43.1. The van der Waals surface area contributed by atoms with E-state index in [0.29, 0.717) is 38.0 Å². The summed E-state index contributed by atoms with van der Waals surface area (Å²) in [5, 5.41) is 30.2. The van der Waals surface area contributed by atoms with Crippen LogP contribution in [-0.4, -0.2) is 109 Å². The number of hydrogen-bond donors (Lipinski definition) is 6. The molecule has 1 aromatic rings. The lowest BCUT2D eigenvalue weighted by Gasteiger charge is -2.33. The Labute approximate surface area is 291 Å². The highest BCUT2D eigenvalue weighted by molar-refractivity contribution is 5.91. The lowest BCUT2D eigenvalue weighted by molar-refractivity contribution is -0.141. The van der Waals surface area contributed by atoms with Crippen LogP contribution < -0.4 is 26.0 Å². The summed E-state index contributed by atoms with van der Waals surface area (Å²) in [5.74, 6) is -0.851. The maximum Gasteiger partial charge on any atom is 0.408 e. The van der Waals surface area contributed by atoms with Crippen molar-refractivity contribution < 1.29 is 43.7 Å². The van der Waals surface area contributed by atoms with Gasteiger partial charge in [0, 0.05) is 33.0 Å². The Kier molecular flexibility index (Phi) is 19.3. The first-order chi connectivity index (χ1) is 23.0. The summed E-state index contributed by atoms with van der Waals surface area (Å²) in [4.78, 5) is 65.6. The van der Waals surface area contributed by atoms with Crippen LogP contribution in [0.5, 0.6) is 5.75 Å². The fraction of sp³-hybridized carbons (Fsp3) is 0.686. The van der Waals surface area contributed by atoms with Crippen LogP contribution >= 0.6 is 0 Å². The van der Waals surface area contributed by atoms with Crippen molar-refractivity contribution in [3.63, 3.8) is 0 Å². The zero-order chi connectivity index (χ0) is 37.1. The highest BCUT2D eigenvalue weighted by Crippen LogP contribution is 2.17. The second-order valence-electron chi connectivity index (χ2n) is 13.6. The van der Waals surface area contributed by atoms with E-state index in [1.807, 2.05) is 13.8 Å². The molecule has 49 heavy (non-hydrogen) atoms. The first-order valence-corrected chi connectivity index (χ1v) is 17.0. The maximum atomic E-state index is 13.9. The Morgan fingerprint density at radius 2 is 1.53 bits per heavy atom. The van der Waals surface area contributed by atoms with E-state index in [1.54, 1.807) is 59.1 Å². The van der Waals surface area contributed by atoms with E-state index in [2.05, 4.69) is 21.3 Å². The molecule has 0 radical (unpaired) electrons. The number of aliphatic hydroxyl groups excluding tert-OH is 2. The monoisotopic (exact) mass is 693 g/mol. The second kappa shape index (κ2) is 21.9. The smallest absolute Gasteiger partial charge is 0.408 e. The molecule has 4 atom stereocenters. The molecule has 0 aliphatic heterocycles. The quantitative estimate of drug-likeness (QED) is 0.105. The van der Waals surface area contributed by atoms with Gasteiger partial charge >= 0.3 is 6.09 Å². The highest BCUT2D eigenvalue weighted by atomic mass is 16.6. The van der Waals surface area contributed by atoms with Gasteiger partial charge in [0.2, 0.25) is 23.6 Å². The van der Waals surface area contributed by atoms with Crippen molar-refractivity contribution in [1.82, 2.24) is 26.2 Å². The van der Waals surface area contributed by atoms with E-state index in [9.17, 15) is 29.1 Å². The van der Waals surface area contributed by atoms with E-state index in [-0.39, 0.29) is 43.7 Å². The minimum absolute atomic E-state index is 0.0192. The summed E-state index contributed by atoms with van der Waals surface area (Å²) >= 11 is 0. The first-order valence-electron chi connectivity index (χ1n) is 17.0. The third-order valence-corrected chi connectivity index (χ3v) is 7.58. The molecule has 0 aliphatic carbocycles. The van der Waals surface area contributed by atoms with Gasteiger partial charge in [-0.3, -0.25) is 19.2 Å². The van der Waals surface area contributed by atoms with Gasteiger partial charge in [-0.15, -0.1) is 0 Å². The van der Waals surface area contributed by atoms with Crippen LogP contribution in [0.25, 0.3) is 0 Å². The number of unbranched alkanes of at least 4 members (excludes halogenated alkanes) is 2. The number of carbonyl (C=O) groups excluding carboxylic acids is 5. The van der Waals surface area contributed by atoms with E-state index in [1.165, 1.54) is 11.9 Å². The van der Waals surface area contributed by atoms with E-state index < -0.39 is 47.7 Å². The third-order valence-electron chi connectivity index (χ3n) is 7.58. The van der Waals surface area contributed by atoms with Crippen LogP contribution in [-0.2, 0) is 30.3 Å². The molecule has 1 rings (SSSR count). The van der Waals surface area contributed by atoms with Gasteiger partial charge in [-0.25, -0.2) is 4.79 Å². The van der Waals surface area contributed by atoms with Gasteiger partial charge in [0.15, 0.2) is 0 Å². The predicted molar refractivity (Wildman–Crippen MR) is 186 cm³/mol. The van der Waals surface area contributed by atoms with Gasteiger partial charge < -0.3 is 45.9 Å². The van der Waals surface area contributed by atoms with Gasteiger partial charge in [0.05, 0.1) is 32.3 Å². The Bertz CT molecular complexity index is 1190. The molecule has 14 nitrogen and oxygen atoms in total. The Morgan fingerprint density at radius 1 is 0.898 bits per heavy atom. The van der Waals surface area contributed by atoms with E-state index >= 15 is 0 Å². The normalized spacial score (nSPS) is 13.8. The summed E-state index contributed by atoms with van der Waals surface area (Å²) in [6.45, 7) is 11.1. The predicted octanol–water partition coefficient (Wildman–Crippen LogP) is 2.04. The van der Waals surface area contributed by atoms with Crippen molar-refractivity contribution in [2.75, 3.05) is 33.9 Å². The molecule has 278 valence electrons. The van der Waals surface area contributed by atoms with Crippen LogP contribution in [0.15, 0.2) is 24.3 Å². The van der Waals surface area contributed by atoms with Crippen molar-refractivity contribution in [3.05, 3.63) is 29.8 Å². The third kappa shape index (κ3) is 17.9. The summed E-state index contributed by atoms with van der Waals surface area (Å²) in [6.07, 6.45) is 0.609. The minimum atomic E-state index is -1.18. The summed E-state index contributed by atoms with van der Waals surface area (Å²) < 4.78 is 10.6. The van der Waals surface area contributed by atoms with Gasteiger partial charge in [0.1, 0.15) is 23.4 Å². The SMILES string of the molecule is COc1ccc(C[C@H](NC(=O)OC(C)(C)C)C(=O)N(C)[C@@H](CC(C)C)C(=O)N[C@@H](C)[C@@H](O)CC(=O)NCCCCCC(=O)NCCO)cc1. The summed E-state index contributed by atoms with van der Waals surface area (Å²) in [7, 11) is 3.05. The molecule has 0 spiro atoms. The fourth-order valence-electron chi connectivity index (χ4n) is 4.89. The number of aliphatic hydroxyl groups is 2. The maximum absolute atomic E-state index is 13.9. The number of nitrogens with zero attached hydrogens (tertiary/aromatic N) is 1. The average Bonchev–Trinajstić information content (AvgIpc) is 3.02. The molecular weight excluding hydrogens is 634 g/mol. The summed E-state index contributed by atoms with van der Waals surface area (Å²) in [5.41, 5.74) is -0.0386. The zero-order valence-electron chi connectivity index (χ0n) is 30.5. The van der Waals surface area contributed by atoms with Gasteiger partial charge in [0.25, 0.3) is 0 Å². The molecule has 1 aromatic carbocycles. The number of carbonyl (C=O) groups is 5. The Hall–Kier alpha value is -3.91. The van der Waals surface area contributed by atoms with Crippen LogP contribution in [0.2, 0.25) is 0 Å². The number of amides is 5. The molecule has 5 amide bonds. The molecule has 0 aliphatic rings. The molecule has 0 fully saturated rings. The van der Waals surface area contributed by atoms with E-state index in [4.69, 9.17) is 14.6 Å². The molecule has 6 N–H and O–H groups in total. The van der Waals surface area contributed by atoms with Crippen LogP contribution in [0.1, 0.15) is 85.6 Å². The number of ether oxygens (including phenoxy) is 2. The lowest BCUT2D eigenvalue weighted by Crippen LogP contribution is -2.57. The highest BCUT2D eigenvalue weighted by Gasteiger charge is 2.34. The number of likely N-dealkylation sites (N-methyl/N-ethyl adjacent to an activating group) is 1. The fourth-order valence-corrected chi connectivity index (χ4v) is 4.89. The molecule has 0 heterocycles. The van der Waals surface area contributed by atoms with Crippen LogP contribution in [0, 0.1) is 5.92 Å². The molecule has 0 saturated heterocycles. The molecule has 0 saturated carbocycles.